The van der Waals surface area contributed by atoms with E-state index in [0.29, 0.717) is 12.8 Å². The molecule has 0 radical (unpaired) electrons. The second-order valence-corrected chi connectivity index (χ2v) is 4.84. The van der Waals surface area contributed by atoms with Crippen LogP contribution in [0.3, 0.4) is 0 Å². The zero-order valence-corrected chi connectivity index (χ0v) is 11.2. The number of hydrogen-bond acceptors (Lipinski definition) is 5. The third kappa shape index (κ3) is 5.69. The molecule has 1 saturated heterocycles. The first-order chi connectivity index (χ1) is 8.90. The molecule has 3 N–H and O–H groups in total. The van der Waals surface area contributed by atoms with E-state index < -0.39 is 24.5 Å². The lowest BCUT2D eigenvalue weighted by atomic mass is 10.0. The Bertz CT molecular complexity index is 316. The number of aliphatic hydroxyl groups is 2. The lowest BCUT2D eigenvalue weighted by Crippen LogP contribution is -2.48. The molecule has 0 aromatic rings. The van der Waals surface area contributed by atoms with Gasteiger partial charge in [0.2, 0.25) is 0 Å². The Morgan fingerprint density at radius 3 is 2.79 bits per heavy atom. The van der Waals surface area contributed by atoms with Crippen LogP contribution in [0.4, 0.5) is 0 Å². The molecule has 110 valence electrons. The Morgan fingerprint density at radius 1 is 1.47 bits per heavy atom. The van der Waals surface area contributed by atoms with Crippen molar-refractivity contribution >= 4 is 5.97 Å². The number of aliphatic hydroxyl groups excluding tert-OH is 2. The second-order valence-electron chi connectivity index (χ2n) is 4.84. The fourth-order valence-electron chi connectivity index (χ4n) is 1.88. The molecule has 1 aliphatic heterocycles. The third-order valence-electron chi connectivity index (χ3n) is 3.05. The number of carboxylic acid groups (broad SMARTS) is 1. The number of carbonyl (C=O) groups is 1. The molecule has 6 heteroatoms. The van der Waals surface area contributed by atoms with Gasteiger partial charge >= 0.3 is 5.97 Å². The van der Waals surface area contributed by atoms with Crippen molar-refractivity contribution < 1.29 is 29.6 Å². The van der Waals surface area contributed by atoms with Crippen molar-refractivity contribution in [3.05, 3.63) is 12.2 Å². The maximum absolute atomic E-state index is 10.3. The van der Waals surface area contributed by atoms with Crippen LogP contribution < -0.4 is 0 Å². The summed E-state index contributed by atoms with van der Waals surface area (Å²) in [7, 11) is 0. The molecule has 19 heavy (non-hydrogen) atoms. The first-order valence-corrected chi connectivity index (χ1v) is 6.46. The fourth-order valence-corrected chi connectivity index (χ4v) is 1.88. The highest BCUT2D eigenvalue weighted by molar-refractivity contribution is 5.79. The number of allylic oxidation sites excluding steroid dienone is 1. The molecule has 0 saturated carbocycles. The summed E-state index contributed by atoms with van der Waals surface area (Å²) in [4.78, 5) is 10.3. The number of aliphatic carboxylic acids is 1. The van der Waals surface area contributed by atoms with Crippen molar-refractivity contribution in [2.24, 2.45) is 0 Å². The SMILES string of the molecule is CC1O[C@@H](O[C@H](C)CC/C=C/C(=O)O)[C@H](O)C[C@H]1O. The Morgan fingerprint density at radius 2 is 2.16 bits per heavy atom. The molecule has 5 atom stereocenters. The molecule has 0 aromatic carbocycles. The summed E-state index contributed by atoms with van der Waals surface area (Å²) < 4.78 is 11.0. The van der Waals surface area contributed by atoms with Crippen molar-refractivity contribution in [1.29, 1.82) is 0 Å². The van der Waals surface area contributed by atoms with Crippen molar-refractivity contribution in [3.63, 3.8) is 0 Å². The highest BCUT2D eigenvalue weighted by Gasteiger charge is 2.35. The summed E-state index contributed by atoms with van der Waals surface area (Å²) in [6.45, 7) is 3.56. The van der Waals surface area contributed by atoms with Crippen molar-refractivity contribution in [2.75, 3.05) is 0 Å². The first kappa shape index (κ1) is 16.1. The van der Waals surface area contributed by atoms with Crippen molar-refractivity contribution in [3.8, 4) is 0 Å². The van der Waals surface area contributed by atoms with Gasteiger partial charge in [0.25, 0.3) is 0 Å². The van der Waals surface area contributed by atoms with Crippen LogP contribution in [0.2, 0.25) is 0 Å². The number of rotatable bonds is 6. The second kappa shape index (κ2) is 7.59. The zero-order valence-electron chi connectivity index (χ0n) is 11.2. The summed E-state index contributed by atoms with van der Waals surface area (Å²) in [5.41, 5.74) is 0. The molecule has 1 rings (SSSR count). The number of carboxylic acids is 1. The van der Waals surface area contributed by atoms with Gasteiger partial charge in [0, 0.05) is 12.5 Å². The number of ether oxygens (including phenoxy) is 2. The van der Waals surface area contributed by atoms with Crippen LogP contribution in [0.25, 0.3) is 0 Å². The smallest absolute Gasteiger partial charge is 0.327 e. The van der Waals surface area contributed by atoms with E-state index in [-0.39, 0.29) is 18.6 Å². The van der Waals surface area contributed by atoms with Gasteiger partial charge in [0.15, 0.2) is 6.29 Å². The molecule has 6 nitrogen and oxygen atoms in total. The van der Waals surface area contributed by atoms with Gasteiger partial charge in [0.05, 0.1) is 18.3 Å². The first-order valence-electron chi connectivity index (χ1n) is 6.46. The quantitative estimate of drug-likeness (QED) is 0.616. The van der Waals surface area contributed by atoms with Crippen LogP contribution in [0.15, 0.2) is 12.2 Å². The van der Waals surface area contributed by atoms with E-state index in [4.69, 9.17) is 14.6 Å². The van der Waals surface area contributed by atoms with E-state index >= 15 is 0 Å². The molecule has 0 aliphatic carbocycles. The Labute approximate surface area is 112 Å². The maximum atomic E-state index is 10.3. The average molecular weight is 274 g/mol. The Hall–Kier alpha value is -0.950. The summed E-state index contributed by atoms with van der Waals surface area (Å²) in [5.74, 6) is -0.970. The molecule has 1 heterocycles. The lowest BCUT2D eigenvalue weighted by Gasteiger charge is -2.36. The molecule has 0 spiro atoms. The highest BCUT2D eigenvalue weighted by atomic mass is 16.7. The van der Waals surface area contributed by atoms with Gasteiger partial charge < -0.3 is 24.8 Å². The minimum atomic E-state index is -0.970. The van der Waals surface area contributed by atoms with E-state index in [1.54, 1.807) is 13.0 Å². The summed E-state index contributed by atoms with van der Waals surface area (Å²) in [5, 5.41) is 27.7. The summed E-state index contributed by atoms with van der Waals surface area (Å²) in [6, 6.07) is 0. The van der Waals surface area contributed by atoms with Gasteiger partial charge in [0.1, 0.15) is 6.10 Å². The minimum absolute atomic E-state index is 0.166. The molecule has 1 aliphatic rings. The molecule has 1 fully saturated rings. The van der Waals surface area contributed by atoms with Gasteiger partial charge in [-0.3, -0.25) is 0 Å². The van der Waals surface area contributed by atoms with Gasteiger partial charge in [-0.25, -0.2) is 4.79 Å². The molecule has 1 unspecified atom stereocenters. The molecule has 0 amide bonds. The van der Waals surface area contributed by atoms with Crippen LogP contribution in [-0.4, -0.2) is 52.0 Å². The molecular formula is C13H22O6. The molecule has 0 aromatic heterocycles. The Kier molecular flexibility index (Phi) is 6.44. The monoisotopic (exact) mass is 274 g/mol. The predicted octanol–water partition coefficient (Wildman–Crippen LogP) is 0.669. The standard InChI is InChI=1S/C13H22O6/c1-8(5-3-4-6-12(16)17)18-13-11(15)7-10(14)9(2)19-13/h4,6,8-11,13-15H,3,5,7H2,1-2H3,(H,16,17)/b6-4+/t8-,9?,10-,11-,13-/m1/s1. The normalized spacial score (nSPS) is 33.5. The number of hydrogen-bond donors (Lipinski definition) is 3. The van der Waals surface area contributed by atoms with Crippen LogP contribution in [0.5, 0.6) is 0 Å². The van der Waals surface area contributed by atoms with Gasteiger partial charge in [-0.05, 0) is 26.7 Å². The van der Waals surface area contributed by atoms with E-state index in [2.05, 4.69) is 0 Å². The van der Waals surface area contributed by atoms with Crippen LogP contribution in [0, 0.1) is 0 Å². The fraction of sp³-hybridized carbons (Fsp3) is 0.769. The molecular weight excluding hydrogens is 252 g/mol. The lowest BCUT2D eigenvalue weighted by molar-refractivity contribution is -0.273. The van der Waals surface area contributed by atoms with Crippen molar-refractivity contribution in [1.82, 2.24) is 0 Å². The highest BCUT2D eigenvalue weighted by Crippen LogP contribution is 2.22. The topological polar surface area (TPSA) is 96.2 Å². The van der Waals surface area contributed by atoms with Crippen LogP contribution in [0.1, 0.15) is 33.1 Å². The van der Waals surface area contributed by atoms with Crippen LogP contribution >= 0.6 is 0 Å². The van der Waals surface area contributed by atoms with Crippen molar-refractivity contribution in [2.45, 2.75) is 63.8 Å². The minimum Gasteiger partial charge on any atom is -0.478 e. The molecule has 0 bridgehead atoms. The summed E-state index contributed by atoms with van der Waals surface area (Å²) in [6.07, 6.45) is 1.31. The van der Waals surface area contributed by atoms with E-state index in [1.807, 2.05) is 6.92 Å². The van der Waals surface area contributed by atoms with Gasteiger partial charge in [-0.15, -0.1) is 0 Å². The predicted molar refractivity (Wildman–Crippen MR) is 67.5 cm³/mol. The van der Waals surface area contributed by atoms with E-state index in [1.165, 1.54) is 0 Å². The maximum Gasteiger partial charge on any atom is 0.327 e. The van der Waals surface area contributed by atoms with Crippen LogP contribution in [-0.2, 0) is 14.3 Å². The largest absolute Gasteiger partial charge is 0.478 e. The summed E-state index contributed by atoms with van der Waals surface area (Å²) >= 11 is 0. The zero-order chi connectivity index (χ0) is 14.4. The van der Waals surface area contributed by atoms with Gasteiger partial charge in [-0.2, -0.15) is 0 Å². The van der Waals surface area contributed by atoms with E-state index in [9.17, 15) is 15.0 Å². The third-order valence-corrected chi connectivity index (χ3v) is 3.05. The Balaban J connectivity index is 2.31. The van der Waals surface area contributed by atoms with E-state index in [0.717, 1.165) is 6.08 Å². The average Bonchev–Trinajstić information content (AvgIpc) is 2.31. The van der Waals surface area contributed by atoms with Gasteiger partial charge in [-0.1, -0.05) is 6.08 Å².